The first-order valence-corrected chi connectivity index (χ1v) is 13.4. The highest BCUT2D eigenvalue weighted by atomic mass is 16.6. The smallest absolute Gasteiger partial charge is 0.312 e. The van der Waals surface area contributed by atoms with Crippen molar-refractivity contribution in [3.63, 3.8) is 0 Å². The van der Waals surface area contributed by atoms with Crippen molar-refractivity contribution in [2.45, 2.75) is 57.8 Å². The molecule has 0 aromatic heterocycles. The van der Waals surface area contributed by atoms with Crippen LogP contribution in [0.4, 0.5) is 11.4 Å². The lowest BCUT2D eigenvalue weighted by atomic mass is 9.70. The number of carbonyl (C=O) groups excluding carboxylic acids is 3. The van der Waals surface area contributed by atoms with Gasteiger partial charge in [0, 0.05) is 44.2 Å². The standard InChI is InChI=1S/C28H39N3O6/c1-5-16-30(20-12-10-19(11-13-20)29(6-2)7-3)26(34)24-28-15-14-21(37-28)22(27(35)36-8-4)23(28)25(33)31(24)17-9-18-32/h5,10-13,21-24,32H,1,6-9,14-18H2,2-4H3/t21-,22+,23-,24?,28?/m0/s1. The summed E-state index contributed by atoms with van der Waals surface area (Å²) in [5, 5.41) is 9.51. The van der Waals surface area contributed by atoms with Crippen molar-refractivity contribution in [2.24, 2.45) is 11.8 Å². The summed E-state index contributed by atoms with van der Waals surface area (Å²) in [5.41, 5.74) is 0.672. The minimum absolute atomic E-state index is 0.115. The number of ether oxygens (including phenoxy) is 2. The van der Waals surface area contributed by atoms with Gasteiger partial charge in [0.2, 0.25) is 5.91 Å². The molecule has 0 saturated carbocycles. The van der Waals surface area contributed by atoms with Crippen molar-refractivity contribution < 1.29 is 29.0 Å². The van der Waals surface area contributed by atoms with Crippen LogP contribution in [-0.2, 0) is 23.9 Å². The van der Waals surface area contributed by atoms with Gasteiger partial charge in [0.05, 0.1) is 24.5 Å². The minimum atomic E-state index is -1.09. The van der Waals surface area contributed by atoms with Crippen molar-refractivity contribution in [2.75, 3.05) is 49.2 Å². The average Bonchev–Trinajstić information content (AvgIpc) is 3.54. The van der Waals surface area contributed by atoms with E-state index < -0.39 is 35.6 Å². The second kappa shape index (κ2) is 11.2. The van der Waals surface area contributed by atoms with Gasteiger partial charge in [0.15, 0.2) is 0 Å². The molecule has 3 saturated heterocycles. The third-order valence-electron chi connectivity index (χ3n) is 8.02. The molecule has 37 heavy (non-hydrogen) atoms. The highest BCUT2D eigenvalue weighted by Crippen LogP contribution is 2.58. The lowest BCUT2D eigenvalue weighted by Gasteiger charge is -2.37. The molecule has 2 bridgehead atoms. The van der Waals surface area contributed by atoms with Crippen molar-refractivity contribution in [3.05, 3.63) is 36.9 Å². The van der Waals surface area contributed by atoms with Crippen LogP contribution in [0.5, 0.6) is 0 Å². The molecule has 202 valence electrons. The summed E-state index contributed by atoms with van der Waals surface area (Å²) in [6.45, 7) is 12.1. The average molecular weight is 514 g/mol. The first-order chi connectivity index (χ1) is 17.9. The fraction of sp³-hybridized carbons (Fsp3) is 0.607. The second-order valence-corrected chi connectivity index (χ2v) is 9.84. The van der Waals surface area contributed by atoms with E-state index in [2.05, 4.69) is 25.3 Å². The number of benzene rings is 1. The van der Waals surface area contributed by atoms with Gasteiger partial charge >= 0.3 is 5.97 Å². The van der Waals surface area contributed by atoms with Crippen LogP contribution in [0, 0.1) is 11.8 Å². The summed E-state index contributed by atoms with van der Waals surface area (Å²) in [6.07, 6.45) is 2.65. The van der Waals surface area contributed by atoms with Gasteiger partial charge in [-0.25, -0.2) is 0 Å². The zero-order chi connectivity index (χ0) is 26.7. The number of fused-ring (bicyclic) bond motifs is 1. The van der Waals surface area contributed by atoms with Crippen LogP contribution >= 0.6 is 0 Å². The first-order valence-electron chi connectivity index (χ1n) is 13.4. The number of nitrogens with zero attached hydrogens (tertiary/aromatic N) is 3. The fourth-order valence-electron chi connectivity index (χ4n) is 6.45. The number of carbonyl (C=O) groups is 3. The Labute approximate surface area is 219 Å². The molecule has 1 aromatic carbocycles. The van der Waals surface area contributed by atoms with Gasteiger partial charge in [0.1, 0.15) is 11.6 Å². The first kappa shape index (κ1) is 27.1. The molecular formula is C28H39N3O6. The summed E-state index contributed by atoms with van der Waals surface area (Å²) < 4.78 is 11.7. The monoisotopic (exact) mass is 513 g/mol. The molecule has 1 aromatic rings. The van der Waals surface area contributed by atoms with Crippen molar-refractivity contribution in [1.29, 1.82) is 0 Å². The topological polar surface area (TPSA) is 99.6 Å². The molecule has 9 heteroatoms. The molecule has 9 nitrogen and oxygen atoms in total. The predicted molar refractivity (Wildman–Crippen MR) is 140 cm³/mol. The maximum absolute atomic E-state index is 14.3. The van der Waals surface area contributed by atoms with Crippen LogP contribution < -0.4 is 9.80 Å². The van der Waals surface area contributed by atoms with E-state index in [1.54, 1.807) is 17.9 Å². The molecule has 3 aliphatic heterocycles. The van der Waals surface area contributed by atoms with Crippen LogP contribution in [0.15, 0.2) is 36.9 Å². The number of rotatable bonds is 12. The van der Waals surface area contributed by atoms with Crippen LogP contribution in [-0.4, -0.2) is 84.9 Å². The Morgan fingerprint density at radius 2 is 1.89 bits per heavy atom. The fourth-order valence-corrected chi connectivity index (χ4v) is 6.45. The van der Waals surface area contributed by atoms with Crippen molar-refractivity contribution >= 4 is 29.2 Å². The number of hydrogen-bond donors (Lipinski definition) is 1. The molecule has 2 unspecified atom stereocenters. The Hall–Kier alpha value is -2.91. The number of likely N-dealkylation sites (tertiary alicyclic amines) is 1. The number of aliphatic hydroxyl groups is 1. The van der Waals surface area contributed by atoms with Gasteiger partial charge in [-0.05, 0) is 64.3 Å². The van der Waals surface area contributed by atoms with Gasteiger partial charge in [-0.15, -0.1) is 6.58 Å². The highest BCUT2D eigenvalue weighted by molar-refractivity contribution is 6.04. The van der Waals surface area contributed by atoms with Gasteiger partial charge in [-0.3, -0.25) is 14.4 Å². The van der Waals surface area contributed by atoms with E-state index in [-0.39, 0.29) is 38.1 Å². The third kappa shape index (κ3) is 4.52. The molecule has 5 atom stereocenters. The molecule has 2 amide bonds. The lowest BCUT2D eigenvalue weighted by molar-refractivity contribution is -0.154. The molecular weight excluding hydrogens is 474 g/mol. The molecule has 3 heterocycles. The summed E-state index contributed by atoms with van der Waals surface area (Å²) in [5.74, 6) is -2.49. The number of amides is 2. The maximum atomic E-state index is 14.3. The Kier molecular flexibility index (Phi) is 8.23. The quantitative estimate of drug-likeness (QED) is 0.338. The molecule has 4 rings (SSSR count). The molecule has 3 fully saturated rings. The van der Waals surface area contributed by atoms with Crippen LogP contribution in [0.25, 0.3) is 0 Å². The molecule has 0 radical (unpaired) electrons. The third-order valence-corrected chi connectivity index (χ3v) is 8.02. The molecule has 1 spiro atoms. The van der Waals surface area contributed by atoms with Gasteiger partial charge in [0.25, 0.3) is 5.91 Å². The largest absolute Gasteiger partial charge is 0.466 e. The van der Waals surface area contributed by atoms with E-state index >= 15 is 0 Å². The van der Waals surface area contributed by atoms with E-state index in [4.69, 9.17) is 9.47 Å². The van der Waals surface area contributed by atoms with Crippen LogP contribution in [0.1, 0.15) is 40.0 Å². The van der Waals surface area contributed by atoms with E-state index in [0.717, 1.165) is 18.8 Å². The van der Waals surface area contributed by atoms with Crippen LogP contribution in [0.2, 0.25) is 0 Å². The van der Waals surface area contributed by atoms with Crippen molar-refractivity contribution in [3.8, 4) is 0 Å². The van der Waals surface area contributed by atoms with Gasteiger partial charge in [-0.1, -0.05) is 6.08 Å². The van der Waals surface area contributed by atoms with Gasteiger partial charge < -0.3 is 29.3 Å². The Morgan fingerprint density at radius 1 is 1.22 bits per heavy atom. The Morgan fingerprint density at radius 3 is 2.49 bits per heavy atom. The zero-order valence-corrected chi connectivity index (χ0v) is 22.1. The molecule has 0 aliphatic carbocycles. The van der Waals surface area contributed by atoms with E-state index in [9.17, 15) is 19.5 Å². The van der Waals surface area contributed by atoms with Crippen molar-refractivity contribution in [1.82, 2.24) is 4.90 Å². The second-order valence-electron chi connectivity index (χ2n) is 9.84. The summed E-state index contributed by atoms with van der Waals surface area (Å²) in [6, 6.07) is 6.90. The summed E-state index contributed by atoms with van der Waals surface area (Å²) >= 11 is 0. The predicted octanol–water partition coefficient (Wildman–Crippen LogP) is 2.37. The van der Waals surface area contributed by atoms with Crippen LogP contribution in [0.3, 0.4) is 0 Å². The lowest BCUT2D eigenvalue weighted by Crippen LogP contribution is -2.56. The van der Waals surface area contributed by atoms with E-state index in [0.29, 0.717) is 24.9 Å². The number of aliphatic hydroxyl groups excluding tert-OH is 1. The Balaban J connectivity index is 1.71. The maximum Gasteiger partial charge on any atom is 0.312 e. The summed E-state index contributed by atoms with van der Waals surface area (Å²) in [7, 11) is 0. The minimum Gasteiger partial charge on any atom is -0.466 e. The van der Waals surface area contributed by atoms with Gasteiger partial charge in [-0.2, -0.15) is 0 Å². The van der Waals surface area contributed by atoms with E-state index in [1.165, 1.54) is 4.90 Å². The van der Waals surface area contributed by atoms with E-state index in [1.807, 2.05) is 24.3 Å². The summed E-state index contributed by atoms with van der Waals surface area (Å²) in [4.78, 5) is 46.4. The number of esters is 1. The normalized spacial score (nSPS) is 27.8. The SMILES string of the molecule is C=CCN(C(=O)C1N(CCCO)C(=O)[C@@H]2[C@H](C(=O)OCC)[C@@H]3CCC12O3)c1ccc(N(CC)CC)cc1. The Bertz CT molecular complexity index is 1010. The molecule has 1 N–H and O–H groups in total. The zero-order valence-electron chi connectivity index (χ0n) is 22.1. The number of hydrogen-bond acceptors (Lipinski definition) is 7. The highest BCUT2D eigenvalue weighted by Gasteiger charge is 2.75. The molecule has 3 aliphatic rings. The number of anilines is 2.